The number of anilines is 1. The van der Waals surface area contributed by atoms with Gasteiger partial charge in [0, 0.05) is 24.2 Å². The molecule has 31 heavy (non-hydrogen) atoms. The van der Waals surface area contributed by atoms with E-state index in [0.29, 0.717) is 13.1 Å². The molecule has 0 aromatic heterocycles. The summed E-state index contributed by atoms with van der Waals surface area (Å²) in [7, 11) is 1.67. The molecule has 2 aliphatic rings. The number of ether oxygens (including phenoxy) is 1. The Balaban J connectivity index is 1.57. The first kappa shape index (κ1) is 21.8. The van der Waals surface area contributed by atoms with Gasteiger partial charge in [-0.3, -0.25) is 9.69 Å². The smallest absolute Gasteiger partial charge is 0.238 e. The molecule has 2 N–H and O–H groups in total. The summed E-state index contributed by atoms with van der Waals surface area (Å²) in [6, 6.07) is 14.2. The van der Waals surface area contributed by atoms with Crippen molar-refractivity contribution in [1.29, 1.82) is 0 Å². The molecule has 0 radical (unpaired) electrons. The molecule has 2 aromatic rings. The van der Waals surface area contributed by atoms with Crippen molar-refractivity contribution in [3.8, 4) is 5.75 Å². The van der Waals surface area contributed by atoms with Crippen LogP contribution in [0, 0.1) is 19.8 Å². The maximum Gasteiger partial charge on any atom is 0.238 e. The number of carbonyl (C=O) groups is 1. The second-order valence-corrected chi connectivity index (χ2v) is 9.26. The summed E-state index contributed by atoms with van der Waals surface area (Å²) >= 11 is 0. The minimum Gasteiger partial charge on any atom is -0.497 e. The molecule has 5 heteroatoms. The highest BCUT2D eigenvalue weighted by Crippen LogP contribution is 2.49. The van der Waals surface area contributed by atoms with E-state index in [0.717, 1.165) is 54.7 Å². The normalized spacial score (nSPS) is 26.2. The van der Waals surface area contributed by atoms with E-state index in [1.54, 1.807) is 7.11 Å². The summed E-state index contributed by atoms with van der Waals surface area (Å²) < 4.78 is 5.33. The minimum atomic E-state index is -0.636. The highest BCUT2D eigenvalue weighted by Gasteiger charge is 2.49. The van der Waals surface area contributed by atoms with Crippen LogP contribution in [0.1, 0.15) is 54.8 Å². The lowest BCUT2D eigenvalue weighted by Gasteiger charge is -2.52. The number of methoxy groups -OCH3 is 1. The van der Waals surface area contributed by atoms with Crippen LogP contribution in [0.15, 0.2) is 42.5 Å². The number of fused-ring (bicyclic) bond motifs is 1. The molecule has 166 valence electrons. The van der Waals surface area contributed by atoms with E-state index in [2.05, 4.69) is 35.3 Å². The van der Waals surface area contributed by atoms with Crippen molar-refractivity contribution in [2.45, 2.75) is 57.6 Å². The van der Waals surface area contributed by atoms with Crippen molar-refractivity contribution in [1.82, 2.24) is 4.90 Å². The predicted octanol–water partition coefficient (Wildman–Crippen LogP) is 4.62. The van der Waals surface area contributed by atoms with Crippen molar-refractivity contribution < 1.29 is 14.6 Å². The summed E-state index contributed by atoms with van der Waals surface area (Å²) in [5.41, 5.74) is 3.62. The van der Waals surface area contributed by atoms with Crippen LogP contribution in [-0.4, -0.2) is 41.7 Å². The number of hydrogen-bond donors (Lipinski definition) is 2. The predicted molar refractivity (Wildman–Crippen MR) is 123 cm³/mol. The highest BCUT2D eigenvalue weighted by molar-refractivity contribution is 5.93. The maximum absolute atomic E-state index is 13.0. The zero-order chi connectivity index (χ0) is 22.0. The van der Waals surface area contributed by atoms with Crippen LogP contribution in [0.4, 0.5) is 5.69 Å². The molecule has 0 spiro atoms. The van der Waals surface area contributed by atoms with Gasteiger partial charge in [0.1, 0.15) is 5.75 Å². The molecule has 1 saturated carbocycles. The van der Waals surface area contributed by atoms with Crippen LogP contribution in [0.25, 0.3) is 0 Å². The molecule has 1 saturated heterocycles. The first-order valence-corrected chi connectivity index (χ1v) is 11.4. The van der Waals surface area contributed by atoms with Gasteiger partial charge in [-0.25, -0.2) is 0 Å². The third kappa shape index (κ3) is 4.63. The molecule has 0 bridgehead atoms. The fourth-order valence-electron chi connectivity index (χ4n) is 5.49. The van der Waals surface area contributed by atoms with Crippen molar-refractivity contribution in [2.24, 2.45) is 5.92 Å². The fraction of sp³-hybridized carbons (Fsp3) is 0.500. The first-order chi connectivity index (χ1) is 14.9. The summed E-state index contributed by atoms with van der Waals surface area (Å²) in [6.45, 7) is 5.10. The monoisotopic (exact) mass is 422 g/mol. The highest BCUT2D eigenvalue weighted by atomic mass is 16.5. The van der Waals surface area contributed by atoms with Gasteiger partial charge in [-0.1, -0.05) is 42.7 Å². The van der Waals surface area contributed by atoms with Crippen molar-refractivity contribution in [3.63, 3.8) is 0 Å². The standard InChI is InChI=1S/C26H34N2O3/c1-18-7-12-23(19(2)16-18)27-24(29)17-28-15-14-26(30)13-5-4-6-22(26)25(28)20-8-10-21(31-3)11-9-20/h7-12,16,22,25,30H,4-6,13-15,17H2,1-3H3,(H,27,29)/t22-,25-,26-/m1/s1. The van der Waals surface area contributed by atoms with Crippen molar-refractivity contribution in [2.75, 3.05) is 25.5 Å². The number of carbonyl (C=O) groups excluding carboxylic acids is 1. The third-order valence-corrected chi connectivity index (χ3v) is 7.13. The van der Waals surface area contributed by atoms with Crippen LogP contribution < -0.4 is 10.1 Å². The van der Waals surface area contributed by atoms with Crippen LogP contribution in [0.2, 0.25) is 0 Å². The Hall–Kier alpha value is -2.37. The number of aryl methyl sites for hydroxylation is 2. The number of aliphatic hydroxyl groups is 1. The Morgan fingerprint density at radius 1 is 1.16 bits per heavy atom. The van der Waals surface area contributed by atoms with E-state index >= 15 is 0 Å². The molecule has 2 aromatic carbocycles. The van der Waals surface area contributed by atoms with Crippen LogP contribution >= 0.6 is 0 Å². The lowest BCUT2D eigenvalue weighted by atomic mass is 9.66. The van der Waals surface area contributed by atoms with Gasteiger partial charge in [-0.05, 0) is 62.4 Å². The average molecular weight is 423 g/mol. The van der Waals surface area contributed by atoms with Gasteiger partial charge in [0.05, 0.1) is 19.3 Å². The molecule has 0 unspecified atom stereocenters. The molecule has 5 nitrogen and oxygen atoms in total. The Bertz CT molecular complexity index is 927. The molecule has 1 aliphatic carbocycles. The largest absolute Gasteiger partial charge is 0.497 e. The van der Waals surface area contributed by atoms with Gasteiger partial charge in [-0.15, -0.1) is 0 Å². The Morgan fingerprint density at radius 3 is 2.65 bits per heavy atom. The lowest BCUT2D eigenvalue weighted by Crippen LogP contribution is -2.56. The summed E-state index contributed by atoms with van der Waals surface area (Å²) in [5.74, 6) is 0.946. The van der Waals surface area contributed by atoms with Crippen LogP contribution in [0.3, 0.4) is 0 Å². The van der Waals surface area contributed by atoms with Gasteiger partial charge in [0.2, 0.25) is 5.91 Å². The topological polar surface area (TPSA) is 61.8 Å². The Labute approximate surface area is 185 Å². The second kappa shape index (κ2) is 9.01. The van der Waals surface area contributed by atoms with E-state index in [1.165, 1.54) is 5.56 Å². The van der Waals surface area contributed by atoms with Crippen molar-refractivity contribution >= 4 is 11.6 Å². The average Bonchev–Trinajstić information content (AvgIpc) is 2.76. The molecule has 1 amide bonds. The number of nitrogens with zero attached hydrogens (tertiary/aromatic N) is 1. The lowest BCUT2D eigenvalue weighted by molar-refractivity contribution is -0.135. The first-order valence-electron chi connectivity index (χ1n) is 11.4. The SMILES string of the molecule is COc1ccc([C@@H]2[C@H]3CCCC[C@@]3(O)CCN2CC(=O)Nc2ccc(C)cc2C)cc1. The maximum atomic E-state index is 13.0. The molecular weight excluding hydrogens is 388 g/mol. The summed E-state index contributed by atoms with van der Waals surface area (Å²) in [5, 5.41) is 14.5. The van der Waals surface area contributed by atoms with Crippen LogP contribution in [0.5, 0.6) is 5.75 Å². The molecular formula is C26H34N2O3. The summed E-state index contributed by atoms with van der Waals surface area (Å²) in [4.78, 5) is 15.3. The molecule has 3 atom stereocenters. The number of nitrogens with one attached hydrogen (secondary N) is 1. The Morgan fingerprint density at radius 2 is 1.94 bits per heavy atom. The quantitative estimate of drug-likeness (QED) is 0.738. The third-order valence-electron chi connectivity index (χ3n) is 7.13. The van der Waals surface area contributed by atoms with E-state index in [-0.39, 0.29) is 17.9 Å². The molecule has 2 fully saturated rings. The molecule has 1 aliphatic heterocycles. The van der Waals surface area contributed by atoms with Gasteiger partial charge in [-0.2, -0.15) is 0 Å². The molecule has 4 rings (SSSR count). The van der Waals surface area contributed by atoms with Gasteiger partial charge < -0.3 is 15.2 Å². The van der Waals surface area contributed by atoms with E-state index in [1.807, 2.05) is 31.2 Å². The second-order valence-electron chi connectivity index (χ2n) is 9.26. The zero-order valence-electron chi connectivity index (χ0n) is 18.9. The Kier molecular flexibility index (Phi) is 6.35. The van der Waals surface area contributed by atoms with Gasteiger partial charge in [0.25, 0.3) is 0 Å². The van der Waals surface area contributed by atoms with Crippen molar-refractivity contribution in [3.05, 3.63) is 59.2 Å². The number of rotatable bonds is 5. The minimum absolute atomic E-state index is 0.00767. The van der Waals surface area contributed by atoms with E-state index < -0.39 is 5.60 Å². The number of amides is 1. The number of piperidine rings is 1. The number of hydrogen-bond acceptors (Lipinski definition) is 4. The fourth-order valence-corrected chi connectivity index (χ4v) is 5.49. The molecule has 1 heterocycles. The summed E-state index contributed by atoms with van der Waals surface area (Å²) in [6.07, 6.45) is 4.77. The van der Waals surface area contributed by atoms with E-state index in [9.17, 15) is 9.90 Å². The van der Waals surface area contributed by atoms with Gasteiger partial charge >= 0.3 is 0 Å². The van der Waals surface area contributed by atoms with E-state index in [4.69, 9.17) is 4.74 Å². The van der Waals surface area contributed by atoms with Gasteiger partial charge in [0.15, 0.2) is 0 Å². The zero-order valence-corrected chi connectivity index (χ0v) is 18.9. The number of likely N-dealkylation sites (tertiary alicyclic amines) is 1. The van der Waals surface area contributed by atoms with Crippen LogP contribution in [-0.2, 0) is 4.79 Å². The number of benzene rings is 2.